The number of hydrogen-bond acceptors (Lipinski definition) is 9. The van der Waals surface area contributed by atoms with Crippen LogP contribution in [-0.2, 0) is 15.2 Å². The number of alkyl halides is 3. The number of hydroxylamine groups is 1. The van der Waals surface area contributed by atoms with E-state index in [-0.39, 0.29) is 33.6 Å². The predicted octanol–water partition coefficient (Wildman–Crippen LogP) is 4.48. The third-order valence-corrected chi connectivity index (χ3v) is 6.23. The number of benzene rings is 1. The van der Waals surface area contributed by atoms with Crippen LogP contribution >= 0.6 is 23.2 Å². The van der Waals surface area contributed by atoms with Crippen molar-refractivity contribution in [3.8, 4) is 0 Å². The fourth-order valence-electron chi connectivity index (χ4n) is 3.54. The Morgan fingerprint density at radius 1 is 1.22 bits per heavy atom. The van der Waals surface area contributed by atoms with Crippen LogP contribution in [0.4, 0.5) is 13.2 Å². The van der Waals surface area contributed by atoms with Gasteiger partial charge in [0.1, 0.15) is 11.4 Å². The normalized spacial score (nSPS) is 19.6. The molecular formula is C22H20Cl2F3N5O5. The van der Waals surface area contributed by atoms with E-state index in [9.17, 15) is 28.2 Å². The molecule has 3 atom stereocenters. The number of carbonyl (C=O) groups is 1. The number of nitrogens with one attached hydrogen (secondary N) is 1. The molecule has 3 unspecified atom stereocenters. The number of aromatic nitrogens is 3. The van der Waals surface area contributed by atoms with Crippen molar-refractivity contribution in [2.24, 2.45) is 4.99 Å². The number of pyridine rings is 1. The largest absolute Gasteiger partial charge is 0.478 e. The van der Waals surface area contributed by atoms with E-state index < -0.39 is 34.9 Å². The minimum absolute atomic E-state index is 0.00489. The van der Waals surface area contributed by atoms with Gasteiger partial charge in [0.2, 0.25) is 11.6 Å². The summed E-state index contributed by atoms with van der Waals surface area (Å²) in [5.74, 6) is -2.87. The van der Waals surface area contributed by atoms with Gasteiger partial charge >= 0.3 is 12.1 Å². The number of nitrogens with zero attached hydrogens (tertiary/aromatic N) is 4. The Kier molecular flexibility index (Phi) is 8.42. The number of aliphatic hydroxyl groups is 1. The Hall–Kier alpha value is -3.26. The highest BCUT2D eigenvalue weighted by molar-refractivity contribution is 6.32. The topological polar surface area (TPSA) is 143 Å². The quantitative estimate of drug-likeness (QED) is 0.371. The highest BCUT2D eigenvalue weighted by atomic mass is 35.5. The lowest BCUT2D eigenvalue weighted by molar-refractivity contribution is -0.274. The molecule has 1 aliphatic heterocycles. The van der Waals surface area contributed by atoms with Crippen LogP contribution in [0.25, 0.3) is 0 Å². The van der Waals surface area contributed by atoms with E-state index in [4.69, 9.17) is 28.0 Å². The molecule has 0 spiro atoms. The SMILES string of the molecule is CCC1(C(=O)O)N=C(c2ccc(C(C)C(O)(c3ccnc(Cl)c3)C(F)(F)F)c(Cl)c2)ON1.c1conn1. The van der Waals surface area contributed by atoms with E-state index in [1.165, 1.54) is 37.6 Å². The molecule has 0 radical (unpaired) electrons. The first kappa shape index (κ1) is 28.3. The predicted molar refractivity (Wildman–Crippen MR) is 125 cm³/mol. The fourth-order valence-corrected chi connectivity index (χ4v) is 4.06. The van der Waals surface area contributed by atoms with Crippen molar-refractivity contribution in [3.63, 3.8) is 0 Å². The summed E-state index contributed by atoms with van der Waals surface area (Å²) in [5, 5.41) is 26.3. The number of aliphatic imine (C=N–C) groups is 1. The molecule has 0 saturated heterocycles. The van der Waals surface area contributed by atoms with E-state index in [1.54, 1.807) is 6.92 Å². The van der Waals surface area contributed by atoms with Gasteiger partial charge in [-0.05, 0) is 41.8 Å². The summed E-state index contributed by atoms with van der Waals surface area (Å²) in [4.78, 5) is 24.4. The molecule has 0 amide bonds. The first-order valence-corrected chi connectivity index (χ1v) is 11.3. The van der Waals surface area contributed by atoms with Crippen LogP contribution in [0.15, 0.2) is 58.5 Å². The Labute approximate surface area is 218 Å². The van der Waals surface area contributed by atoms with Gasteiger partial charge in [-0.15, -0.1) is 10.6 Å². The third kappa shape index (κ3) is 5.69. The second kappa shape index (κ2) is 11.0. The summed E-state index contributed by atoms with van der Waals surface area (Å²) >= 11 is 12.0. The van der Waals surface area contributed by atoms with Crippen molar-refractivity contribution in [1.29, 1.82) is 0 Å². The number of carboxylic acid groups (broad SMARTS) is 1. The molecule has 0 fully saturated rings. The molecule has 0 aliphatic carbocycles. The van der Waals surface area contributed by atoms with Crippen LogP contribution in [0.1, 0.15) is 42.9 Å². The van der Waals surface area contributed by atoms with E-state index in [0.717, 1.165) is 18.3 Å². The van der Waals surface area contributed by atoms with Gasteiger partial charge in [-0.1, -0.05) is 43.1 Å². The molecule has 2 aromatic heterocycles. The molecule has 10 nitrogen and oxygen atoms in total. The van der Waals surface area contributed by atoms with E-state index in [1.807, 2.05) is 0 Å². The summed E-state index contributed by atoms with van der Waals surface area (Å²) in [6.07, 6.45) is -1.04. The van der Waals surface area contributed by atoms with Crippen LogP contribution < -0.4 is 5.48 Å². The van der Waals surface area contributed by atoms with E-state index >= 15 is 0 Å². The lowest BCUT2D eigenvalue weighted by atomic mass is 9.78. The van der Waals surface area contributed by atoms with Gasteiger partial charge < -0.3 is 19.6 Å². The minimum atomic E-state index is -5.07. The van der Waals surface area contributed by atoms with Crippen molar-refractivity contribution in [3.05, 3.63) is 75.9 Å². The lowest BCUT2D eigenvalue weighted by Gasteiger charge is -2.37. The van der Waals surface area contributed by atoms with Crippen molar-refractivity contribution in [2.45, 2.75) is 43.6 Å². The van der Waals surface area contributed by atoms with Gasteiger partial charge in [-0.3, -0.25) is 0 Å². The molecule has 198 valence electrons. The van der Waals surface area contributed by atoms with Gasteiger partial charge in [0, 0.05) is 28.0 Å². The first-order valence-electron chi connectivity index (χ1n) is 10.5. The monoisotopic (exact) mass is 561 g/mol. The molecule has 1 aliphatic rings. The standard InChI is InChI=1S/C20H18Cl2F3N3O4.C2H2N2O/c1-3-18(17(29)30)27-16(32-28-18)11-4-5-13(14(21)8-11)10(2)19(31,20(23,24)25)12-6-7-26-15(22)9-12;1-2-5-4-3-1/h4-10,28,31H,3H2,1-2H3,(H,29,30);1-2H. The van der Waals surface area contributed by atoms with Gasteiger partial charge in [0.05, 0.1) is 6.20 Å². The fraction of sp³-hybridized carbons (Fsp3) is 0.318. The molecule has 15 heteroatoms. The molecule has 3 heterocycles. The van der Waals surface area contributed by atoms with Crippen LogP contribution in [0.5, 0.6) is 0 Å². The summed E-state index contributed by atoms with van der Waals surface area (Å²) in [7, 11) is 0. The molecule has 3 N–H and O–H groups in total. The molecule has 0 saturated carbocycles. The van der Waals surface area contributed by atoms with Crippen molar-refractivity contribution in [1.82, 2.24) is 20.8 Å². The third-order valence-electron chi connectivity index (χ3n) is 5.70. The number of rotatable bonds is 6. The molecule has 4 rings (SSSR count). The van der Waals surface area contributed by atoms with Crippen LogP contribution in [0, 0.1) is 0 Å². The highest BCUT2D eigenvalue weighted by Crippen LogP contribution is 2.50. The second-order valence-corrected chi connectivity index (χ2v) is 8.61. The average Bonchev–Trinajstić information content (AvgIpc) is 3.56. The number of carboxylic acids is 1. The van der Waals surface area contributed by atoms with Crippen LogP contribution in [0.3, 0.4) is 0 Å². The van der Waals surface area contributed by atoms with Crippen molar-refractivity contribution < 1.29 is 37.5 Å². The molecule has 37 heavy (non-hydrogen) atoms. The van der Waals surface area contributed by atoms with Gasteiger partial charge in [-0.25, -0.2) is 14.8 Å². The smallest absolute Gasteiger partial charge is 0.422 e. The maximum Gasteiger partial charge on any atom is 0.422 e. The zero-order chi connectivity index (χ0) is 27.4. The molecule has 3 aromatic rings. The molecular weight excluding hydrogens is 542 g/mol. The first-order chi connectivity index (χ1) is 17.4. The van der Waals surface area contributed by atoms with Crippen LogP contribution in [0.2, 0.25) is 10.2 Å². The maximum absolute atomic E-state index is 14.1. The maximum atomic E-state index is 14.1. The zero-order valence-electron chi connectivity index (χ0n) is 19.2. The lowest BCUT2D eigenvalue weighted by Crippen LogP contribution is -2.46. The number of aliphatic carboxylic acids is 1. The average molecular weight is 562 g/mol. The van der Waals surface area contributed by atoms with Crippen LogP contribution in [-0.4, -0.2) is 49.3 Å². The second-order valence-electron chi connectivity index (χ2n) is 7.82. The van der Waals surface area contributed by atoms with E-state index in [0.29, 0.717) is 0 Å². The molecule has 1 aromatic carbocycles. The Morgan fingerprint density at radius 3 is 2.41 bits per heavy atom. The summed E-state index contributed by atoms with van der Waals surface area (Å²) in [6.45, 7) is 2.78. The van der Waals surface area contributed by atoms with Crippen molar-refractivity contribution >= 4 is 35.1 Å². The minimum Gasteiger partial charge on any atom is -0.478 e. The van der Waals surface area contributed by atoms with Crippen molar-refractivity contribution in [2.75, 3.05) is 0 Å². The Morgan fingerprint density at radius 2 is 1.95 bits per heavy atom. The van der Waals surface area contributed by atoms with E-state index in [2.05, 4.69) is 30.3 Å². The number of halogens is 5. The highest BCUT2D eigenvalue weighted by Gasteiger charge is 2.59. The summed E-state index contributed by atoms with van der Waals surface area (Å²) < 4.78 is 46.4. The summed E-state index contributed by atoms with van der Waals surface area (Å²) in [6, 6.07) is 5.93. The van der Waals surface area contributed by atoms with Gasteiger partial charge in [-0.2, -0.15) is 13.2 Å². The Balaban J connectivity index is 0.000000678. The Bertz CT molecular complexity index is 1260. The molecule has 0 bridgehead atoms. The van der Waals surface area contributed by atoms with Gasteiger partial charge in [0.15, 0.2) is 5.60 Å². The van der Waals surface area contributed by atoms with Gasteiger partial charge in [0.25, 0.3) is 0 Å². The zero-order valence-corrected chi connectivity index (χ0v) is 20.7. The number of hydrogen-bond donors (Lipinski definition) is 3. The summed E-state index contributed by atoms with van der Waals surface area (Å²) in [5.41, 5.74) is -2.89.